The molecule has 0 aliphatic carbocycles. The fourth-order valence-electron chi connectivity index (χ4n) is 1.87. The molecule has 2 aromatic carbocycles. The number of nitrogens with zero attached hydrogens (tertiary/aromatic N) is 4. The van der Waals surface area contributed by atoms with E-state index in [1.165, 1.54) is 29.6 Å². The summed E-state index contributed by atoms with van der Waals surface area (Å²) in [6.45, 7) is 0. The third-order valence-electron chi connectivity index (χ3n) is 2.94. The molecule has 0 aliphatic rings. The Morgan fingerprint density at radius 3 is 2.52 bits per heavy atom. The van der Waals surface area contributed by atoms with Crippen molar-refractivity contribution in [2.24, 2.45) is 0 Å². The van der Waals surface area contributed by atoms with E-state index in [0.29, 0.717) is 10.1 Å². The molecular weight excluding hydrogens is 335 g/mol. The summed E-state index contributed by atoms with van der Waals surface area (Å²) in [5.74, 6) is 1.49. The van der Waals surface area contributed by atoms with Gasteiger partial charge in [-0.3, -0.25) is 0 Å². The predicted octanol–water partition coefficient (Wildman–Crippen LogP) is 3.39. The summed E-state index contributed by atoms with van der Waals surface area (Å²) in [4.78, 5) is 0.645. The first-order valence-corrected chi connectivity index (χ1v) is 8.79. The number of aromatic hydroxyl groups is 1. The van der Waals surface area contributed by atoms with Gasteiger partial charge in [-0.2, -0.15) is 4.68 Å². The molecule has 0 aliphatic heterocycles. The molecule has 0 unspecified atom stereocenters. The van der Waals surface area contributed by atoms with Gasteiger partial charge in [0.1, 0.15) is 11.6 Å². The fourth-order valence-corrected chi connectivity index (χ4v) is 3.68. The van der Waals surface area contributed by atoms with E-state index in [1.807, 2.05) is 6.07 Å². The van der Waals surface area contributed by atoms with E-state index in [4.69, 9.17) is 0 Å². The molecule has 1 aromatic heterocycles. The minimum atomic E-state index is -0.198. The highest BCUT2D eigenvalue weighted by molar-refractivity contribution is 8.02. The highest BCUT2D eigenvalue weighted by Crippen LogP contribution is 2.25. The zero-order valence-corrected chi connectivity index (χ0v) is 13.6. The van der Waals surface area contributed by atoms with Crippen molar-refractivity contribution < 1.29 is 9.50 Å². The average Bonchev–Trinajstić information content (AvgIpc) is 3.02. The Morgan fingerprint density at radius 1 is 1.00 bits per heavy atom. The van der Waals surface area contributed by atoms with Gasteiger partial charge in [-0.15, -0.1) is 16.9 Å². The fraction of sp³-hybridized carbons (Fsp3) is 0.133. The molecule has 0 bridgehead atoms. The smallest absolute Gasteiger partial charge is 0.214 e. The van der Waals surface area contributed by atoms with Gasteiger partial charge in [0.15, 0.2) is 0 Å². The summed E-state index contributed by atoms with van der Waals surface area (Å²) in [5, 5.41) is 21.6. The maximum absolute atomic E-state index is 13.5. The van der Waals surface area contributed by atoms with Crippen LogP contribution in [0, 0.1) is 5.82 Å². The minimum Gasteiger partial charge on any atom is -0.508 e. The van der Waals surface area contributed by atoms with Crippen LogP contribution in [-0.4, -0.2) is 36.8 Å². The molecule has 0 radical (unpaired) electrons. The second-order valence-electron chi connectivity index (χ2n) is 4.52. The topological polar surface area (TPSA) is 63.8 Å². The lowest BCUT2D eigenvalue weighted by Crippen LogP contribution is -1.99. The van der Waals surface area contributed by atoms with Crippen molar-refractivity contribution in [3.63, 3.8) is 0 Å². The van der Waals surface area contributed by atoms with Crippen LogP contribution in [0.25, 0.3) is 5.69 Å². The molecule has 23 heavy (non-hydrogen) atoms. The predicted molar refractivity (Wildman–Crippen MR) is 88.7 cm³/mol. The second kappa shape index (κ2) is 7.47. The quantitative estimate of drug-likeness (QED) is 0.544. The number of thioether (sulfide) groups is 2. The van der Waals surface area contributed by atoms with Crippen LogP contribution in [-0.2, 0) is 0 Å². The van der Waals surface area contributed by atoms with Crippen LogP contribution in [0.3, 0.4) is 0 Å². The molecule has 0 fully saturated rings. The van der Waals surface area contributed by atoms with Crippen LogP contribution in [0.5, 0.6) is 5.75 Å². The van der Waals surface area contributed by atoms with Crippen LogP contribution < -0.4 is 0 Å². The molecule has 0 amide bonds. The lowest BCUT2D eigenvalue weighted by Gasteiger charge is -2.05. The van der Waals surface area contributed by atoms with Crippen LogP contribution in [0.1, 0.15) is 0 Å². The highest BCUT2D eigenvalue weighted by atomic mass is 32.2. The number of halogens is 1. The molecule has 3 rings (SSSR count). The van der Waals surface area contributed by atoms with Crippen LogP contribution in [0.2, 0.25) is 0 Å². The standard InChI is InChI=1S/C15H13FN4OS2/c16-13-3-1-2-4-14(13)22-9-10-23-15-17-18-19-20(15)11-5-7-12(21)8-6-11/h1-8,21H,9-10H2. The minimum absolute atomic E-state index is 0.192. The lowest BCUT2D eigenvalue weighted by atomic mass is 10.3. The molecule has 0 saturated heterocycles. The van der Waals surface area contributed by atoms with Crippen LogP contribution in [0.15, 0.2) is 58.6 Å². The molecule has 0 atom stereocenters. The van der Waals surface area contributed by atoms with Crippen molar-refractivity contribution in [2.75, 3.05) is 11.5 Å². The Kier molecular flexibility index (Phi) is 5.14. The van der Waals surface area contributed by atoms with Gasteiger partial charge < -0.3 is 5.11 Å². The first-order chi connectivity index (χ1) is 11.2. The Bertz CT molecular complexity index is 779. The van der Waals surface area contributed by atoms with Crippen molar-refractivity contribution in [1.82, 2.24) is 20.2 Å². The van der Waals surface area contributed by atoms with E-state index in [2.05, 4.69) is 15.5 Å². The number of phenolic OH excluding ortho intramolecular Hbond substituents is 1. The summed E-state index contributed by atoms with van der Waals surface area (Å²) < 4.78 is 15.1. The molecule has 1 N–H and O–H groups in total. The van der Waals surface area contributed by atoms with E-state index in [1.54, 1.807) is 41.1 Å². The van der Waals surface area contributed by atoms with E-state index in [-0.39, 0.29) is 11.6 Å². The van der Waals surface area contributed by atoms with Crippen LogP contribution in [0.4, 0.5) is 4.39 Å². The number of hydrogen-bond acceptors (Lipinski definition) is 6. The van der Waals surface area contributed by atoms with E-state index >= 15 is 0 Å². The highest BCUT2D eigenvalue weighted by Gasteiger charge is 2.09. The summed E-state index contributed by atoms with van der Waals surface area (Å²) >= 11 is 2.96. The van der Waals surface area contributed by atoms with Gasteiger partial charge in [0, 0.05) is 16.4 Å². The van der Waals surface area contributed by atoms with Gasteiger partial charge in [-0.1, -0.05) is 23.9 Å². The zero-order chi connectivity index (χ0) is 16.1. The summed E-state index contributed by atoms with van der Waals surface area (Å²) in [6.07, 6.45) is 0. The maximum Gasteiger partial charge on any atom is 0.214 e. The number of benzene rings is 2. The van der Waals surface area contributed by atoms with Gasteiger partial charge in [0.25, 0.3) is 0 Å². The van der Waals surface area contributed by atoms with Gasteiger partial charge in [-0.05, 0) is 46.8 Å². The Labute approximate surface area is 140 Å². The van der Waals surface area contributed by atoms with Gasteiger partial charge in [0.05, 0.1) is 5.69 Å². The Balaban J connectivity index is 1.58. The molecule has 0 saturated carbocycles. The van der Waals surface area contributed by atoms with Gasteiger partial charge >= 0.3 is 0 Å². The molecular formula is C15H13FN4OS2. The number of rotatable bonds is 6. The van der Waals surface area contributed by atoms with Crippen LogP contribution >= 0.6 is 23.5 Å². The summed E-state index contributed by atoms with van der Waals surface area (Å²) in [7, 11) is 0. The van der Waals surface area contributed by atoms with Crippen molar-refractivity contribution in [2.45, 2.75) is 10.1 Å². The van der Waals surface area contributed by atoms with Gasteiger partial charge in [-0.25, -0.2) is 4.39 Å². The summed E-state index contributed by atoms with van der Waals surface area (Å²) in [6, 6.07) is 13.4. The molecule has 8 heteroatoms. The third-order valence-corrected chi connectivity index (χ3v) is 5.17. The molecule has 1 heterocycles. The SMILES string of the molecule is Oc1ccc(-n2nnnc2SCCSc2ccccc2F)cc1. The molecule has 3 aromatic rings. The van der Waals surface area contributed by atoms with E-state index < -0.39 is 0 Å². The Hall–Kier alpha value is -2.06. The molecule has 0 spiro atoms. The van der Waals surface area contributed by atoms with Crippen molar-refractivity contribution in [1.29, 1.82) is 0 Å². The van der Waals surface area contributed by atoms with Gasteiger partial charge in [0.2, 0.25) is 5.16 Å². The molecule has 5 nitrogen and oxygen atoms in total. The lowest BCUT2D eigenvalue weighted by molar-refractivity contribution is 0.475. The number of phenols is 1. The number of aromatic nitrogens is 4. The largest absolute Gasteiger partial charge is 0.508 e. The normalized spacial score (nSPS) is 10.8. The average molecular weight is 348 g/mol. The first-order valence-electron chi connectivity index (χ1n) is 6.82. The molecule has 118 valence electrons. The number of hydrogen-bond donors (Lipinski definition) is 1. The zero-order valence-electron chi connectivity index (χ0n) is 12.0. The third kappa shape index (κ3) is 4.02. The first kappa shape index (κ1) is 15.8. The van der Waals surface area contributed by atoms with Crippen molar-refractivity contribution in [3.8, 4) is 11.4 Å². The van der Waals surface area contributed by atoms with E-state index in [0.717, 1.165) is 17.2 Å². The van der Waals surface area contributed by atoms with E-state index in [9.17, 15) is 9.50 Å². The van der Waals surface area contributed by atoms with Crippen molar-refractivity contribution >= 4 is 23.5 Å². The monoisotopic (exact) mass is 348 g/mol. The maximum atomic E-state index is 13.5. The Morgan fingerprint density at radius 2 is 1.74 bits per heavy atom. The second-order valence-corrected chi connectivity index (χ2v) is 6.72. The number of tetrazole rings is 1. The van der Waals surface area contributed by atoms with Crippen molar-refractivity contribution in [3.05, 3.63) is 54.3 Å². The summed E-state index contributed by atoms with van der Waals surface area (Å²) in [5.41, 5.74) is 0.775.